The van der Waals surface area contributed by atoms with Crippen LogP contribution < -0.4 is 5.56 Å². The number of amides is 1. The maximum atomic E-state index is 14.6. The number of fused-ring (bicyclic) bond motifs is 3. The van der Waals surface area contributed by atoms with Gasteiger partial charge < -0.3 is 4.90 Å². The fourth-order valence-electron chi connectivity index (χ4n) is 4.02. The Morgan fingerprint density at radius 2 is 1.76 bits per heavy atom. The molecule has 0 atom stereocenters. The summed E-state index contributed by atoms with van der Waals surface area (Å²) in [4.78, 5) is 27.9. The molecule has 7 nitrogen and oxygen atoms in total. The molecule has 0 saturated carbocycles. The summed E-state index contributed by atoms with van der Waals surface area (Å²) in [6.45, 7) is 7.83. The Balaban J connectivity index is 1.87. The van der Waals surface area contributed by atoms with Crippen LogP contribution in [0.2, 0.25) is 0 Å². The number of hydrogen-bond donors (Lipinski definition) is 0. The molecule has 0 bridgehead atoms. The zero-order valence-corrected chi connectivity index (χ0v) is 19.4. The smallest absolute Gasteiger partial charge is 0.267 e. The summed E-state index contributed by atoms with van der Waals surface area (Å²) < 4.78 is 30.8. The van der Waals surface area contributed by atoms with Crippen LogP contribution in [0.25, 0.3) is 22.4 Å². The van der Waals surface area contributed by atoms with E-state index in [0.29, 0.717) is 22.1 Å². The number of halogens is 2. The van der Waals surface area contributed by atoms with Gasteiger partial charge in [0.1, 0.15) is 11.6 Å². The second-order valence-corrected chi connectivity index (χ2v) is 9.09. The predicted molar refractivity (Wildman–Crippen MR) is 124 cm³/mol. The number of carbonyl (C=O) groups is 1. The molecule has 2 aromatic carbocycles. The van der Waals surface area contributed by atoms with Crippen molar-refractivity contribution < 1.29 is 13.6 Å². The summed E-state index contributed by atoms with van der Waals surface area (Å²) in [5.74, 6) is -1.51. The number of para-hydroxylation sites is 1. The van der Waals surface area contributed by atoms with E-state index in [1.54, 1.807) is 33.6 Å². The lowest BCUT2D eigenvalue weighted by atomic mass is 10.2. The van der Waals surface area contributed by atoms with Crippen molar-refractivity contribution in [1.82, 2.24) is 24.1 Å². The van der Waals surface area contributed by atoms with Crippen LogP contribution in [0, 0.1) is 11.6 Å². The number of rotatable bonds is 6. The quantitative estimate of drug-likeness (QED) is 0.397. The van der Waals surface area contributed by atoms with Crippen LogP contribution in [-0.2, 0) is 4.79 Å². The lowest BCUT2D eigenvalue weighted by molar-refractivity contribution is -0.131. The normalized spacial score (nSPS) is 11.8. The third-order valence-electron chi connectivity index (χ3n) is 5.27. The highest BCUT2D eigenvalue weighted by molar-refractivity contribution is 7.99. The molecule has 0 radical (unpaired) electrons. The number of thioether (sulfide) groups is 1. The van der Waals surface area contributed by atoms with E-state index in [0.717, 1.165) is 10.6 Å². The molecule has 2 aromatic heterocycles. The number of aromatic nitrogens is 4. The van der Waals surface area contributed by atoms with Crippen LogP contribution in [0.1, 0.15) is 27.7 Å². The van der Waals surface area contributed by atoms with Crippen molar-refractivity contribution >= 4 is 34.3 Å². The van der Waals surface area contributed by atoms with Crippen molar-refractivity contribution in [2.45, 2.75) is 44.9 Å². The van der Waals surface area contributed by atoms with Crippen LogP contribution >= 0.6 is 11.8 Å². The molecule has 172 valence electrons. The van der Waals surface area contributed by atoms with E-state index in [4.69, 9.17) is 0 Å². The van der Waals surface area contributed by atoms with Gasteiger partial charge in [0.2, 0.25) is 11.7 Å². The highest BCUT2D eigenvalue weighted by atomic mass is 32.2. The highest BCUT2D eigenvalue weighted by Gasteiger charge is 2.23. The highest BCUT2D eigenvalue weighted by Crippen LogP contribution is 2.25. The lowest BCUT2D eigenvalue weighted by Gasteiger charge is -2.30. The molecule has 4 aromatic rings. The first-order valence-corrected chi connectivity index (χ1v) is 11.5. The zero-order valence-electron chi connectivity index (χ0n) is 18.6. The van der Waals surface area contributed by atoms with Crippen molar-refractivity contribution in [3.05, 3.63) is 64.5 Å². The minimum absolute atomic E-state index is 0.0423. The van der Waals surface area contributed by atoms with E-state index in [2.05, 4.69) is 10.2 Å². The van der Waals surface area contributed by atoms with Gasteiger partial charge in [0.15, 0.2) is 5.16 Å². The van der Waals surface area contributed by atoms with E-state index in [9.17, 15) is 18.4 Å². The first kappa shape index (κ1) is 22.9. The van der Waals surface area contributed by atoms with E-state index < -0.39 is 17.2 Å². The average Bonchev–Trinajstić information content (AvgIpc) is 3.17. The van der Waals surface area contributed by atoms with Crippen molar-refractivity contribution in [2.75, 3.05) is 5.75 Å². The number of nitrogens with zero attached hydrogens (tertiary/aromatic N) is 5. The van der Waals surface area contributed by atoms with Gasteiger partial charge in [-0.25, -0.2) is 13.3 Å². The van der Waals surface area contributed by atoms with Gasteiger partial charge in [0, 0.05) is 18.2 Å². The van der Waals surface area contributed by atoms with Gasteiger partial charge in [-0.05, 0) is 52.0 Å². The SMILES string of the molecule is CC(C)N(C(=O)CSc1nnc2n(-c3ccc(F)cc3F)c(=O)c3ccccc3n12)C(C)C. The second kappa shape index (κ2) is 8.93. The Hall–Kier alpha value is -3.27. The van der Waals surface area contributed by atoms with Gasteiger partial charge in [-0.2, -0.15) is 0 Å². The maximum absolute atomic E-state index is 14.6. The Kier molecular flexibility index (Phi) is 6.20. The fraction of sp³-hybridized carbons (Fsp3) is 0.304. The molecule has 0 N–H and O–H groups in total. The molecule has 0 spiro atoms. The molecule has 0 unspecified atom stereocenters. The van der Waals surface area contributed by atoms with Crippen molar-refractivity contribution in [3.8, 4) is 5.69 Å². The summed E-state index contributed by atoms with van der Waals surface area (Å²) in [6, 6.07) is 9.88. The zero-order chi connectivity index (χ0) is 23.9. The van der Waals surface area contributed by atoms with Crippen LogP contribution in [-0.4, -0.2) is 47.8 Å². The van der Waals surface area contributed by atoms with Gasteiger partial charge >= 0.3 is 0 Å². The first-order chi connectivity index (χ1) is 15.7. The van der Waals surface area contributed by atoms with Crippen molar-refractivity contribution in [1.29, 1.82) is 0 Å². The number of hydrogen-bond acceptors (Lipinski definition) is 5. The molecule has 33 heavy (non-hydrogen) atoms. The Bertz CT molecular complexity index is 1410. The van der Waals surface area contributed by atoms with Gasteiger partial charge in [-0.15, -0.1) is 10.2 Å². The van der Waals surface area contributed by atoms with E-state index >= 15 is 0 Å². The van der Waals surface area contributed by atoms with Crippen LogP contribution in [0.3, 0.4) is 0 Å². The molecule has 0 aliphatic rings. The van der Waals surface area contributed by atoms with Gasteiger partial charge in [-0.1, -0.05) is 23.9 Å². The van der Waals surface area contributed by atoms with E-state index in [-0.39, 0.29) is 35.2 Å². The Morgan fingerprint density at radius 3 is 2.42 bits per heavy atom. The fourth-order valence-corrected chi connectivity index (χ4v) is 4.83. The molecule has 4 rings (SSSR count). The summed E-state index contributed by atoms with van der Waals surface area (Å²) >= 11 is 1.19. The standard InChI is InChI=1S/C23H23F2N5O2S/c1-13(2)28(14(3)4)20(31)12-33-23-27-26-22-29(19-10-9-15(24)11-17(19)25)21(32)16-7-5-6-8-18(16)30(22)23/h5-11,13-14H,12H2,1-4H3. The van der Waals surface area contributed by atoms with E-state index in [1.807, 2.05) is 27.7 Å². The minimum Gasteiger partial charge on any atom is -0.337 e. The molecule has 2 heterocycles. The third-order valence-corrected chi connectivity index (χ3v) is 6.18. The number of benzene rings is 2. The molecule has 10 heteroatoms. The molecular formula is C23H23F2N5O2S. The van der Waals surface area contributed by atoms with Crippen molar-refractivity contribution in [2.24, 2.45) is 0 Å². The van der Waals surface area contributed by atoms with Gasteiger partial charge in [0.05, 0.1) is 22.3 Å². The van der Waals surface area contributed by atoms with Crippen LogP contribution in [0.5, 0.6) is 0 Å². The average molecular weight is 472 g/mol. The molecular weight excluding hydrogens is 448 g/mol. The minimum atomic E-state index is -0.897. The van der Waals surface area contributed by atoms with Gasteiger partial charge in [-0.3, -0.25) is 14.0 Å². The predicted octanol–water partition coefficient (Wildman–Crippen LogP) is 4.05. The van der Waals surface area contributed by atoms with Gasteiger partial charge in [0.25, 0.3) is 5.56 Å². The largest absolute Gasteiger partial charge is 0.337 e. The Morgan fingerprint density at radius 1 is 1.06 bits per heavy atom. The van der Waals surface area contributed by atoms with Crippen LogP contribution in [0.15, 0.2) is 52.4 Å². The summed E-state index contributed by atoms with van der Waals surface area (Å²) in [6.07, 6.45) is 0. The first-order valence-electron chi connectivity index (χ1n) is 10.5. The van der Waals surface area contributed by atoms with Crippen molar-refractivity contribution in [3.63, 3.8) is 0 Å². The Labute approximate surface area is 193 Å². The summed E-state index contributed by atoms with van der Waals surface area (Å²) in [5.41, 5.74) is -0.113. The maximum Gasteiger partial charge on any atom is 0.267 e. The molecule has 0 aliphatic heterocycles. The summed E-state index contributed by atoms with van der Waals surface area (Å²) in [5, 5.41) is 9.02. The summed E-state index contributed by atoms with van der Waals surface area (Å²) in [7, 11) is 0. The number of carbonyl (C=O) groups excluding carboxylic acids is 1. The molecule has 0 saturated heterocycles. The van der Waals surface area contributed by atoms with E-state index in [1.165, 1.54) is 17.8 Å². The lowest BCUT2D eigenvalue weighted by Crippen LogP contribution is -2.43. The molecule has 0 aliphatic carbocycles. The topological polar surface area (TPSA) is 72.5 Å². The third kappa shape index (κ3) is 4.10. The molecule has 0 fully saturated rings. The monoisotopic (exact) mass is 471 g/mol. The molecule has 1 amide bonds. The van der Waals surface area contributed by atoms with Crippen LogP contribution in [0.4, 0.5) is 8.78 Å². The second-order valence-electron chi connectivity index (χ2n) is 8.15.